The average molecular weight is 199 g/mol. The molecule has 4 heteroatoms. The van der Waals surface area contributed by atoms with E-state index in [0.717, 1.165) is 22.2 Å². The van der Waals surface area contributed by atoms with Gasteiger partial charge in [0.15, 0.2) is 0 Å². The molecule has 1 rings (SSSR count). The molecule has 13 heavy (non-hydrogen) atoms. The van der Waals surface area contributed by atoms with Gasteiger partial charge in [0.2, 0.25) is 0 Å². The van der Waals surface area contributed by atoms with E-state index < -0.39 is 0 Å². The lowest BCUT2D eigenvalue weighted by Gasteiger charge is -2.09. The van der Waals surface area contributed by atoms with Crippen LogP contribution in [0.3, 0.4) is 0 Å². The minimum atomic E-state index is 0.380. The zero-order chi connectivity index (χ0) is 10.0. The maximum atomic E-state index is 5.92. The van der Waals surface area contributed by atoms with E-state index >= 15 is 0 Å². The third-order valence-corrected chi connectivity index (χ3v) is 2.83. The van der Waals surface area contributed by atoms with Crippen LogP contribution in [0.15, 0.2) is 5.03 Å². The Bertz CT molecular complexity index is 291. The highest BCUT2D eigenvalue weighted by Gasteiger charge is 2.13. The molecule has 3 nitrogen and oxygen atoms in total. The summed E-state index contributed by atoms with van der Waals surface area (Å²) < 4.78 is 2.00. The molecule has 0 fully saturated rings. The third-order valence-electron chi connectivity index (χ3n) is 1.86. The van der Waals surface area contributed by atoms with Gasteiger partial charge in [-0.1, -0.05) is 6.92 Å². The van der Waals surface area contributed by atoms with Crippen LogP contribution in [0.25, 0.3) is 0 Å². The van der Waals surface area contributed by atoms with Crippen molar-refractivity contribution in [3.63, 3.8) is 0 Å². The molecule has 0 bridgehead atoms. The van der Waals surface area contributed by atoms with Crippen molar-refractivity contribution in [2.45, 2.75) is 38.8 Å². The van der Waals surface area contributed by atoms with Crippen molar-refractivity contribution in [1.29, 1.82) is 0 Å². The van der Waals surface area contributed by atoms with Gasteiger partial charge in [-0.2, -0.15) is 5.10 Å². The van der Waals surface area contributed by atoms with Crippen molar-refractivity contribution in [2.75, 3.05) is 11.5 Å². The zero-order valence-corrected chi connectivity index (χ0v) is 9.48. The van der Waals surface area contributed by atoms with E-state index in [1.54, 1.807) is 11.8 Å². The topological polar surface area (TPSA) is 43.8 Å². The normalized spacial score (nSPS) is 11.2. The lowest BCUT2D eigenvalue weighted by Crippen LogP contribution is -2.04. The van der Waals surface area contributed by atoms with Gasteiger partial charge >= 0.3 is 0 Å². The van der Waals surface area contributed by atoms with Crippen molar-refractivity contribution in [2.24, 2.45) is 0 Å². The SMILES string of the molecule is CCSc1c(N)c(C)nn1C(C)C. The Labute approximate surface area is 83.7 Å². The number of nitrogen functional groups attached to an aromatic ring is 1. The summed E-state index contributed by atoms with van der Waals surface area (Å²) in [6, 6.07) is 0.380. The zero-order valence-electron chi connectivity index (χ0n) is 8.66. The number of anilines is 1. The Balaban J connectivity index is 3.11. The number of hydrogen-bond donors (Lipinski definition) is 1. The third kappa shape index (κ3) is 1.99. The molecule has 1 aromatic heterocycles. The fourth-order valence-corrected chi connectivity index (χ4v) is 2.13. The average Bonchev–Trinajstić information content (AvgIpc) is 2.33. The quantitative estimate of drug-likeness (QED) is 0.760. The standard InChI is InChI=1S/C9H17N3S/c1-5-13-9-8(10)7(4)11-12(9)6(2)3/h6H,5,10H2,1-4H3. The monoisotopic (exact) mass is 199 g/mol. The van der Waals surface area contributed by atoms with Crippen molar-refractivity contribution < 1.29 is 0 Å². The van der Waals surface area contributed by atoms with E-state index in [1.165, 1.54) is 0 Å². The van der Waals surface area contributed by atoms with Crippen LogP contribution in [-0.2, 0) is 0 Å². The Kier molecular flexibility index (Phi) is 3.25. The summed E-state index contributed by atoms with van der Waals surface area (Å²) in [5, 5.41) is 5.51. The molecule has 0 amide bonds. The Hall–Kier alpha value is -0.640. The molecule has 0 saturated heterocycles. The molecular weight excluding hydrogens is 182 g/mol. The second-order valence-corrected chi connectivity index (χ2v) is 4.53. The molecule has 0 atom stereocenters. The van der Waals surface area contributed by atoms with Crippen LogP contribution in [-0.4, -0.2) is 15.5 Å². The summed E-state index contributed by atoms with van der Waals surface area (Å²) in [6.07, 6.45) is 0. The first-order valence-corrected chi connectivity index (χ1v) is 5.53. The molecule has 0 spiro atoms. The van der Waals surface area contributed by atoms with Crippen LogP contribution in [0.1, 0.15) is 32.5 Å². The van der Waals surface area contributed by atoms with E-state index in [2.05, 4.69) is 25.9 Å². The highest BCUT2D eigenvalue weighted by Crippen LogP contribution is 2.29. The molecular formula is C9H17N3S. The molecule has 74 valence electrons. The van der Waals surface area contributed by atoms with Gasteiger partial charge in [0.25, 0.3) is 0 Å². The number of aromatic nitrogens is 2. The minimum Gasteiger partial charge on any atom is -0.395 e. The summed E-state index contributed by atoms with van der Waals surface area (Å²) in [5.74, 6) is 1.03. The van der Waals surface area contributed by atoms with Crippen LogP contribution in [0.4, 0.5) is 5.69 Å². The first kappa shape index (κ1) is 10.4. The number of aryl methyl sites for hydroxylation is 1. The summed E-state index contributed by atoms with van der Waals surface area (Å²) in [4.78, 5) is 0. The van der Waals surface area contributed by atoms with Gasteiger partial charge in [0.05, 0.1) is 11.4 Å². The van der Waals surface area contributed by atoms with E-state index in [0.29, 0.717) is 6.04 Å². The number of nitrogens with two attached hydrogens (primary N) is 1. The van der Waals surface area contributed by atoms with Crippen LogP contribution in [0, 0.1) is 6.92 Å². The molecule has 2 N–H and O–H groups in total. The molecule has 0 aromatic carbocycles. The molecule has 0 aliphatic carbocycles. The predicted octanol–water partition coefficient (Wildman–Crippen LogP) is 2.47. The van der Waals surface area contributed by atoms with Gasteiger partial charge in [-0.3, -0.25) is 4.68 Å². The van der Waals surface area contributed by atoms with Crippen LogP contribution in [0.2, 0.25) is 0 Å². The number of nitrogens with zero attached hydrogens (tertiary/aromatic N) is 2. The number of hydrogen-bond acceptors (Lipinski definition) is 3. The van der Waals surface area contributed by atoms with Gasteiger partial charge in [-0.05, 0) is 26.5 Å². The van der Waals surface area contributed by atoms with Gasteiger partial charge in [-0.25, -0.2) is 0 Å². The highest BCUT2D eigenvalue weighted by molar-refractivity contribution is 7.99. The summed E-state index contributed by atoms with van der Waals surface area (Å²) in [5.41, 5.74) is 7.69. The Morgan fingerprint density at radius 1 is 1.54 bits per heavy atom. The lowest BCUT2D eigenvalue weighted by atomic mass is 10.4. The molecule has 1 heterocycles. The Morgan fingerprint density at radius 2 is 2.15 bits per heavy atom. The molecule has 0 unspecified atom stereocenters. The van der Waals surface area contributed by atoms with Crippen LogP contribution in [0.5, 0.6) is 0 Å². The fourth-order valence-electron chi connectivity index (χ4n) is 1.17. The van der Waals surface area contributed by atoms with Gasteiger partial charge in [-0.15, -0.1) is 11.8 Å². The molecule has 0 saturated carbocycles. The van der Waals surface area contributed by atoms with Crippen molar-refractivity contribution in [1.82, 2.24) is 9.78 Å². The van der Waals surface area contributed by atoms with Gasteiger partial charge in [0, 0.05) is 6.04 Å². The van der Waals surface area contributed by atoms with Crippen LogP contribution < -0.4 is 5.73 Å². The van der Waals surface area contributed by atoms with E-state index in [1.807, 2.05) is 11.6 Å². The second kappa shape index (κ2) is 4.05. The van der Waals surface area contributed by atoms with Gasteiger partial charge < -0.3 is 5.73 Å². The van der Waals surface area contributed by atoms with Crippen molar-refractivity contribution in [3.8, 4) is 0 Å². The molecule has 0 radical (unpaired) electrons. The first-order chi connectivity index (χ1) is 6.07. The fraction of sp³-hybridized carbons (Fsp3) is 0.667. The largest absolute Gasteiger partial charge is 0.395 e. The van der Waals surface area contributed by atoms with Crippen LogP contribution >= 0.6 is 11.8 Å². The lowest BCUT2D eigenvalue weighted by molar-refractivity contribution is 0.491. The van der Waals surface area contributed by atoms with E-state index in [-0.39, 0.29) is 0 Å². The van der Waals surface area contributed by atoms with Gasteiger partial charge in [0.1, 0.15) is 5.03 Å². The Morgan fingerprint density at radius 3 is 2.62 bits per heavy atom. The van der Waals surface area contributed by atoms with Crippen molar-refractivity contribution in [3.05, 3.63) is 5.69 Å². The highest BCUT2D eigenvalue weighted by atomic mass is 32.2. The van der Waals surface area contributed by atoms with E-state index in [4.69, 9.17) is 5.73 Å². The number of thioether (sulfide) groups is 1. The minimum absolute atomic E-state index is 0.380. The second-order valence-electron chi connectivity index (χ2n) is 3.28. The predicted molar refractivity (Wildman–Crippen MR) is 58.2 cm³/mol. The van der Waals surface area contributed by atoms with E-state index in [9.17, 15) is 0 Å². The molecule has 1 aromatic rings. The first-order valence-electron chi connectivity index (χ1n) is 4.55. The maximum absolute atomic E-state index is 5.92. The summed E-state index contributed by atoms with van der Waals surface area (Å²) in [6.45, 7) is 8.31. The summed E-state index contributed by atoms with van der Waals surface area (Å²) in [7, 11) is 0. The smallest absolute Gasteiger partial charge is 0.118 e. The number of rotatable bonds is 3. The molecule has 0 aliphatic rings. The maximum Gasteiger partial charge on any atom is 0.118 e. The van der Waals surface area contributed by atoms with Crippen molar-refractivity contribution >= 4 is 17.4 Å². The summed E-state index contributed by atoms with van der Waals surface area (Å²) >= 11 is 1.75. The molecule has 0 aliphatic heterocycles.